The summed E-state index contributed by atoms with van der Waals surface area (Å²) in [5.41, 5.74) is 7.06. The molecule has 0 radical (unpaired) electrons. The van der Waals surface area contributed by atoms with Crippen LogP contribution in [0.4, 0.5) is 0 Å². The lowest BCUT2D eigenvalue weighted by Crippen LogP contribution is -2.47. The number of aromatic nitrogens is 1. The van der Waals surface area contributed by atoms with Crippen LogP contribution < -0.4 is 10.5 Å². The number of nitrogens with two attached hydrogens (primary N) is 1. The molecule has 0 aliphatic carbocycles. The molecule has 18 heavy (non-hydrogen) atoms. The van der Waals surface area contributed by atoms with E-state index in [0.717, 1.165) is 25.3 Å². The fourth-order valence-corrected chi connectivity index (χ4v) is 2.38. The summed E-state index contributed by atoms with van der Waals surface area (Å²) >= 11 is 0. The van der Waals surface area contributed by atoms with E-state index in [0.29, 0.717) is 18.5 Å². The van der Waals surface area contributed by atoms with Crippen LogP contribution in [0, 0.1) is 0 Å². The first-order valence-electron chi connectivity index (χ1n) is 6.29. The van der Waals surface area contributed by atoms with Gasteiger partial charge in [0, 0.05) is 37.4 Å². The quantitative estimate of drug-likeness (QED) is 0.858. The Bertz CT molecular complexity index is 369. The molecule has 2 rings (SSSR count). The molecule has 0 bridgehead atoms. The third kappa shape index (κ3) is 2.80. The zero-order chi connectivity index (χ0) is 13.0. The minimum Gasteiger partial charge on any atom is -0.481 e. The van der Waals surface area contributed by atoms with Crippen LogP contribution in [0.25, 0.3) is 0 Å². The lowest BCUT2D eigenvalue weighted by atomic mass is 10.0. The number of ether oxygens (including phenoxy) is 2. The Hall–Kier alpha value is -1.17. The Morgan fingerprint density at radius 3 is 3.00 bits per heavy atom. The lowest BCUT2D eigenvalue weighted by Gasteiger charge is -2.39. The van der Waals surface area contributed by atoms with Crippen molar-refractivity contribution < 1.29 is 9.47 Å². The van der Waals surface area contributed by atoms with Crippen molar-refractivity contribution in [2.75, 3.05) is 33.4 Å². The molecule has 1 aliphatic heterocycles. The Labute approximate surface area is 108 Å². The molecular weight excluding hydrogens is 230 g/mol. The fraction of sp³-hybridized carbons (Fsp3) is 0.615. The number of hydrogen-bond acceptors (Lipinski definition) is 5. The summed E-state index contributed by atoms with van der Waals surface area (Å²) in [5.74, 6) is 0.629. The SMILES string of the molecule is COc1ccc(C(CN)N2CCOCC2C)cn1. The predicted octanol–water partition coefficient (Wildman–Crippen LogP) is 0.811. The van der Waals surface area contributed by atoms with E-state index in [1.165, 1.54) is 0 Å². The fourth-order valence-electron chi connectivity index (χ4n) is 2.38. The van der Waals surface area contributed by atoms with E-state index < -0.39 is 0 Å². The summed E-state index contributed by atoms with van der Waals surface area (Å²) in [7, 11) is 1.62. The van der Waals surface area contributed by atoms with Crippen molar-refractivity contribution in [2.45, 2.75) is 19.0 Å². The largest absolute Gasteiger partial charge is 0.481 e. The monoisotopic (exact) mass is 251 g/mol. The van der Waals surface area contributed by atoms with Crippen LogP contribution >= 0.6 is 0 Å². The van der Waals surface area contributed by atoms with E-state index in [2.05, 4.69) is 16.8 Å². The zero-order valence-electron chi connectivity index (χ0n) is 11.0. The maximum Gasteiger partial charge on any atom is 0.212 e. The van der Waals surface area contributed by atoms with Gasteiger partial charge in [-0.1, -0.05) is 6.07 Å². The third-order valence-corrected chi connectivity index (χ3v) is 3.40. The first kappa shape index (κ1) is 13.3. The number of methoxy groups -OCH3 is 1. The van der Waals surface area contributed by atoms with Crippen molar-refractivity contribution in [3.63, 3.8) is 0 Å². The van der Waals surface area contributed by atoms with E-state index in [9.17, 15) is 0 Å². The highest BCUT2D eigenvalue weighted by atomic mass is 16.5. The molecule has 1 fully saturated rings. The van der Waals surface area contributed by atoms with Crippen LogP contribution in [0.5, 0.6) is 5.88 Å². The molecule has 0 saturated carbocycles. The Morgan fingerprint density at radius 2 is 2.44 bits per heavy atom. The van der Waals surface area contributed by atoms with E-state index in [-0.39, 0.29) is 6.04 Å². The van der Waals surface area contributed by atoms with Crippen LogP contribution in [-0.2, 0) is 4.74 Å². The highest BCUT2D eigenvalue weighted by Crippen LogP contribution is 2.24. The Morgan fingerprint density at radius 1 is 1.61 bits per heavy atom. The van der Waals surface area contributed by atoms with Gasteiger partial charge in [0.15, 0.2) is 0 Å². The molecule has 2 N–H and O–H groups in total. The summed E-state index contributed by atoms with van der Waals surface area (Å²) in [6.07, 6.45) is 1.85. The summed E-state index contributed by atoms with van der Waals surface area (Å²) in [5, 5.41) is 0. The first-order chi connectivity index (χ1) is 8.76. The van der Waals surface area contributed by atoms with Gasteiger partial charge in [-0.25, -0.2) is 4.98 Å². The number of morpholine rings is 1. The molecule has 1 aromatic heterocycles. The molecule has 1 saturated heterocycles. The second kappa shape index (κ2) is 6.13. The number of hydrogen-bond donors (Lipinski definition) is 1. The van der Waals surface area contributed by atoms with Crippen molar-refractivity contribution in [1.29, 1.82) is 0 Å². The first-order valence-corrected chi connectivity index (χ1v) is 6.29. The Kier molecular flexibility index (Phi) is 4.52. The van der Waals surface area contributed by atoms with Gasteiger partial charge < -0.3 is 15.2 Å². The van der Waals surface area contributed by atoms with Gasteiger partial charge in [0.2, 0.25) is 5.88 Å². The zero-order valence-corrected chi connectivity index (χ0v) is 11.0. The number of nitrogens with zero attached hydrogens (tertiary/aromatic N) is 2. The molecule has 2 heterocycles. The van der Waals surface area contributed by atoms with Gasteiger partial charge in [-0.15, -0.1) is 0 Å². The maximum atomic E-state index is 5.93. The van der Waals surface area contributed by atoms with Crippen molar-refractivity contribution in [1.82, 2.24) is 9.88 Å². The second-order valence-electron chi connectivity index (χ2n) is 4.55. The van der Waals surface area contributed by atoms with E-state index in [4.69, 9.17) is 15.2 Å². The molecule has 5 nitrogen and oxygen atoms in total. The van der Waals surface area contributed by atoms with Gasteiger partial charge in [-0.05, 0) is 12.5 Å². The molecule has 2 unspecified atom stereocenters. The average molecular weight is 251 g/mol. The van der Waals surface area contributed by atoms with Crippen LogP contribution in [0.3, 0.4) is 0 Å². The van der Waals surface area contributed by atoms with Gasteiger partial charge in [-0.3, -0.25) is 4.90 Å². The van der Waals surface area contributed by atoms with Gasteiger partial charge in [-0.2, -0.15) is 0 Å². The van der Waals surface area contributed by atoms with E-state index in [1.807, 2.05) is 18.3 Å². The standard InChI is InChI=1S/C13H21N3O2/c1-10-9-18-6-5-16(10)12(7-14)11-3-4-13(17-2)15-8-11/h3-4,8,10,12H,5-7,9,14H2,1-2H3. The van der Waals surface area contributed by atoms with Crippen LogP contribution in [0.1, 0.15) is 18.5 Å². The highest BCUT2D eigenvalue weighted by molar-refractivity contribution is 5.21. The predicted molar refractivity (Wildman–Crippen MR) is 69.6 cm³/mol. The minimum absolute atomic E-state index is 0.197. The summed E-state index contributed by atoms with van der Waals surface area (Å²) in [4.78, 5) is 6.63. The molecule has 100 valence electrons. The topological polar surface area (TPSA) is 60.6 Å². The molecule has 0 spiro atoms. The highest BCUT2D eigenvalue weighted by Gasteiger charge is 2.26. The van der Waals surface area contributed by atoms with Crippen LogP contribution in [-0.4, -0.2) is 49.3 Å². The van der Waals surface area contributed by atoms with Gasteiger partial charge in [0.05, 0.1) is 20.3 Å². The lowest BCUT2D eigenvalue weighted by molar-refractivity contribution is -0.0210. The molecule has 2 atom stereocenters. The Balaban J connectivity index is 2.15. The van der Waals surface area contributed by atoms with E-state index >= 15 is 0 Å². The van der Waals surface area contributed by atoms with Crippen LogP contribution in [0.2, 0.25) is 0 Å². The smallest absolute Gasteiger partial charge is 0.212 e. The van der Waals surface area contributed by atoms with E-state index in [1.54, 1.807) is 7.11 Å². The molecule has 1 aromatic rings. The van der Waals surface area contributed by atoms with Gasteiger partial charge in [0.25, 0.3) is 0 Å². The molecule has 0 amide bonds. The number of pyridine rings is 1. The normalized spacial score (nSPS) is 22.7. The number of rotatable bonds is 4. The van der Waals surface area contributed by atoms with Crippen molar-refractivity contribution in [3.8, 4) is 5.88 Å². The summed E-state index contributed by atoms with van der Waals surface area (Å²) in [6.45, 7) is 5.19. The van der Waals surface area contributed by atoms with Crippen LogP contribution in [0.15, 0.2) is 18.3 Å². The summed E-state index contributed by atoms with van der Waals surface area (Å²) < 4.78 is 10.5. The van der Waals surface area contributed by atoms with Gasteiger partial charge >= 0.3 is 0 Å². The van der Waals surface area contributed by atoms with Crippen molar-refractivity contribution in [2.24, 2.45) is 5.73 Å². The summed E-state index contributed by atoms with van der Waals surface area (Å²) in [6, 6.07) is 4.49. The molecular formula is C13H21N3O2. The average Bonchev–Trinajstić information content (AvgIpc) is 2.42. The molecule has 1 aliphatic rings. The third-order valence-electron chi connectivity index (χ3n) is 3.40. The molecule has 0 aromatic carbocycles. The van der Waals surface area contributed by atoms with Crippen molar-refractivity contribution >= 4 is 0 Å². The molecule has 5 heteroatoms. The van der Waals surface area contributed by atoms with Gasteiger partial charge in [0.1, 0.15) is 0 Å². The minimum atomic E-state index is 0.197. The second-order valence-corrected chi connectivity index (χ2v) is 4.55. The maximum absolute atomic E-state index is 5.93. The van der Waals surface area contributed by atoms with Crippen molar-refractivity contribution in [3.05, 3.63) is 23.9 Å².